The lowest BCUT2D eigenvalue weighted by molar-refractivity contribution is 0.309. The highest BCUT2D eigenvalue weighted by molar-refractivity contribution is 5.86. The summed E-state index contributed by atoms with van der Waals surface area (Å²) in [6, 6.07) is -3.38. The smallest absolute Gasteiger partial charge is 0.0843 e. The van der Waals surface area contributed by atoms with Gasteiger partial charge in [0.05, 0.1) is 11.0 Å². The molecule has 0 N–H and O–H groups in total. The zero-order chi connectivity index (χ0) is 30.9. The van der Waals surface area contributed by atoms with Gasteiger partial charge in [0, 0.05) is 65.3 Å². The zero-order valence-electron chi connectivity index (χ0n) is 29.3. The van der Waals surface area contributed by atoms with Crippen LogP contribution in [0.1, 0.15) is 50.0 Å². The summed E-state index contributed by atoms with van der Waals surface area (Å²) in [6.45, 7) is -7.08. The van der Waals surface area contributed by atoms with Gasteiger partial charge in [0.15, 0.2) is 0 Å². The number of nitrogens with zero attached hydrogens (tertiary/aromatic N) is 3. The summed E-state index contributed by atoms with van der Waals surface area (Å²) in [7, 11) is 0.960. The van der Waals surface area contributed by atoms with E-state index >= 15 is 0 Å². The Morgan fingerprint density at radius 1 is 1.29 bits per heavy atom. The molecule has 3 heteroatoms. The fourth-order valence-electron chi connectivity index (χ4n) is 2.38. The first-order valence-electron chi connectivity index (χ1n) is 15.3. The summed E-state index contributed by atoms with van der Waals surface area (Å²) in [6.07, 6.45) is -7.63. The minimum absolute atomic E-state index is 0.0960. The van der Waals surface area contributed by atoms with Crippen LogP contribution in [0.15, 0.2) is 36.4 Å². The van der Waals surface area contributed by atoms with Gasteiger partial charge in [-0.2, -0.15) is 0 Å². The van der Waals surface area contributed by atoms with E-state index in [1.165, 1.54) is 13.8 Å². The third-order valence-electron chi connectivity index (χ3n) is 3.47. The van der Waals surface area contributed by atoms with E-state index in [-0.39, 0.29) is 15.8 Å². The molecule has 3 nitrogen and oxygen atoms in total. The molecule has 0 saturated carbocycles. The molecule has 0 unspecified atom stereocenters. The van der Waals surface area contributed by atoms with Gasteiger partial charge in [0.2, 0.25) is 0 Å². The van der Waals surface area contributed by atoms with Crippen LogP contribution in [0.25, 0.3) is 10.9 Å². The Bertz CT molecular complexity index is 1590. The van der Waals surface area contributed by atoms with Crippen molar-refractivity contribution < 1.29 is 21.9 Å². The molecule has 0 radical (unpaired) electrons. The summed E-state index contributed by atoms with van der Waals surface area (Å²) in [5, 5.41) is -0.496. The fourth-order valence-corrected chi connectivity index (χ4v) is 2.38. The van der Waals surface area contributed by atoms with Crippen molar-refractivity contribution in [3.63, 3.8) is 0 Å². The summed E-state index contributed by atoms with van der Waals surface area (Å²) in [4.78, 5) is 4.17. The highest BCUT2D eigenvalue weighted by Gasteiger charge is 2.22. The maximum Gasteiger partial charge on any atom is 0.0843 e. The molecule has 0 saturated heterocycles. The number of pyridine rings is 1. The fraction of sp³-hybridized carbons (Fsp3) is 0.381. The van der Waals surface area contributed by atoms with Crippen molar-refractivity contribution in [2.75, 3.05) is 13.5 Å². The van der Waals surface area contributed by atoms with Crippen molar-refractivity contribution >= 4 is 10.9 Å². The minimum Gasteiger partial charge on any atom is -0.344 e. The van der Waals surface area contributed by atoms with E-state index in [2.05, 4.69) is 4.98 Å². The van der Waals surface area contributed by atoms with Crippen molar-refractivity contribution in [1.82, 2.24) is 14.5 Å². The molecule has 4 rings (SSSR count). The summed E-state index contributed by atoms with van der Waals surface area (Å²) in [5.41, 5.74) is -3.63. The number of fused-ring (bicyclic) bond motifs is 3. The highest BCUT2D eigenvalue weighted by Crippen LogP contribution is 2.31. The Morgan fingerprint density at radius 2 is 2.17 bits per heavy atom. The molecule has 124 valence electrons. The molecule has 24 heavy (non-hydrogen) atoms. The highest BCUT2D eigenvalue weighted by atomic mass is 15.1. The Balaban J connectivity index is 2.32. The summed E-state index contributed by atoms with van der Waals surface area (Å²) >= 11 is 0. The predicted octanol–water partition coefficient (Wildman–Crippen LogP) is 3.88. The van der Waals surface area contributed by atoms with Crippen LogP contribution in [0.5, 0.6) is 0 Å². The molecule has 1 aliphatic rings. The lowest BCUT2D eigenvalue weighted by Gasteiger charge is -2.24. The van der Waals surface area contributed by atoms with Gasteiger partial charge in [-0.3, -0.25) is 4.98 Å². The van der Waals surface area contributed by atoms with Gasteiger partial charge in [-0.1, -0.05) is 17.6 Å². The number of rotatable bonds is 3. The molecular weight excluding hydrogens is 294 g/mol. The molecule has 1 aromatic carbocycles. The molecule has 0 aliphatic carbocycles. The van der Waals surface area contributed by atoms with Gasteiger partial charge < -0.3 is 9.47 Å². The molecule has 1 aliphatic heterocycles. The van der Waals surface area contributed by atoms with E-state index in [0.717, 1.165) is 7.05 Å². The van der Waals surface area contributed by atoms with Crippen LogP contribution in [0.4, 0.5) is 0 Å². The third-order valence-corrected chi connectivity index (χ3v) is 3.47. The topological polar surface area (TPSA) is 21.1 Å². The quantitative estimate of drug-likeness (QED) is 0.724. The van der Waals surface area contributed by atoms with E-state index in [4.69, 9.17) is 21.9 Å². The molecule has 0 amide bonds. The molecule has 0 fully saturated rings. The zero-order valence-corrected chi connectivity index (χ0v) is 13.3. The van der Waals surface area contributed by atoms with Crippen molar-refractivity contribution in [1.29, 1.82) is 0 Å². The van der Waals surface area contributed by atoms with E-state index in [1.807, 2.05) is 0 Å². The summed E-state index contributed by atoms with van der Waals surface area (Å²) in [5.74, 6) is 0. The van der Waals surface area contributed by atoms with Crippen LogP contribution in [0.3, 0.4) is 0 Å². The van der Waals surface area contributed by atoms with Crippen LogP contribution >= 0.6 is 0 Å². The van der Waals surface area contributed by atoms with Gasteiger partial charge in [0.25, 0.3) is 0 Å². The Kier molecular flexibility index (Phi) is 1.44. The maximum absolute atomic E-state index is 9.01. The van der Waals surface area contributed by atoms with Gasteiger partial charge in [-0.05, 0) is 56.5 Å². The van der Waals surface area contributed by atoms with Crippen LogP contribution in [-0.2, 0) is 25.7 Å². The average Bonchev–Trinajstić information content (AvgIpc) is 3.22. The molecule has 0 bridgehead atoms. The van der Waals surface area contributed by atoms with E-state index in [0.29, 0.717) is 4.90 Å². The number of benzene rings is 1. The van der Waals surface area contributed by atoms with Gasteiger partial charge in [-0.15, -0.1) is 0 Å². The largest absolute Gasteiger partial charge is 0.344 e. The molecular formula is C21H25N3. The monoisotopic (exact) mass is 335 g/mol. The lowest BCUT2D eigenvalue weighted by atomic mass is 10.0. The number of hydrogen-bond donors (Lipinski definition) is 0. The second-order valence-corrected chi connectivity index (χ2v) is 5.36. The second-order valence-electron chi connectivity index (χ2n) is 5.36. The van der Waals surface area contributed by atoms with E-state index in [9.17, 15) is 0 Å². The molecule has 0 spiro atoms. The maximum atomic E-state index is 9.01. The van der Waals surface area contributed by atoms with E-state index < -0.39 is 96.3 Å². The predicted molar refractivity (Wildman–Crippen MR) is 99.4 cm³/mol. The van der Waals surface area contributed by atoms with Crippen molar-refractivity contribution in [3.8, 4) is 0 Å². The van der Waals surface area contributed by atoms with Gasteiger partial charge in [-0.25, -0.2) is 0 Å². The molecule has 0 atom stereocenters. The molecule has 2 aromatic heterocycles. The SMILES string of the molecule is [2H]c1nc(C)c([2H])c([2H])c1C([2H])([2H])C([2H])([2H])n1c2c(c3c([2H])c(C)c([2H])c([2H])c31)C([2H])([2H])N(C)C([2H])([2H])C2([2H])[2H]. The lowest BCUT2D eigenvalue weighted by Crippen LogP contribution is -2.27. The van der Waals surface area contributed by atoms with Crippen molar-refractivity contribution in [3.05, 3.63) is 64.5 Å². The van der Waals surface area contributed by atoms with Crippen LogP contribution in [0.2, 0.25) is 0 Å². The van der Waals surface area contributed by atoms with Gasteiger partial charge >= 0.3 is 0 Å². The number of aryl methyl sites for hydroxylation is 2. The standard InChI is InChI=1S/C21H25N3/c1-15-4-7-20-18(12-15)19-14-23(3)10-9-21(19)24(20)11-8-17-6-5-16(2)22-13-17/h4-7,12-13H,8-11,14H2,1-3H3/i4D,5D,6D,7D,8D2,9D2,10D2,11D2,12D,13D,14D2. The van der Waals surface area contributed by atoms with Crippen LogP contribution in [0, 0.1) is 13.8 Å². The average molecular weight is 336 g/mol. The first kappa shape index (κ1) is 5.70. The Labute approximate surface area is 166 Å². The van der Waals surface area contributed by atoms with Gasteiger partial charge in [0.1, 0.15) is 0 Å². The number of hydrogen-bond acceptors (Lipinski definition) is 2. The first-order valence-corrected chi connectivity index (χ1v) is 7.26. The number of likely N-dealkylation sites (N-methyl/N-ethyl adjacent to an activating group) is 1. The minimum atomic E-state index is -3.60. The Morgan fingerprint density at radius 3 is 3.04 bits per heavy atom. The number of aromatic nitrogens is 2. The Hall–Kier alpha value is -2.13. The normalized spacial score (nSPS) is 32.1. The van der Waals surface area contributed by atoms with E-state index in [1.54, 1.807) is 0 Å². The van der Waals surface area contributed by atoms with Crippen LogP contribution in [-0.4, -0.2) is 28.0 Å². The first-order chi connectivity index (χ1) is 17.9. The van der Waals surface area contributed by atoms with Crippen LogP contribution < -0.4 is 0 Å². The third kappa shape index (κ3) is 2.73. The second kappa shape index (κ2) is 6.06. The summed E-state index contributed by atoms with van der Waals surface area (Å²) < 4.78 is 138. The molecule has 3 aromatic rings. The van der Waals surface area contributed by atoms with Crippen molar-refractivity contribution in [2.24, 2.45) is 0 Å². The molecule has 3 heterocycles. The van der Waals surface area contributed by atoms with Crippen molar-refractivity contribution in [2.45, 2.75) is 39.6 Å².